The molecule has 2 heterocycles. The van der Waals surface area contributed by atoms with Crippen molar-refractivity contribution in [2.45, 2.75) is 130 Å². The van der Waals surface area contributed by atoms with E-state index in [-0.39, 0.29) is 34.0 Å². The third kappa shape index (κ3) is 9.50. The van der Waals surface area contributed by atoms with Crippen molar-refractivity contribution in [3.63, 3.8) is 0 Å². The van der Waals surface area contributed by atoms with E-state index in [4.69, 9.17) is 25.3 Å². The van der Waals surface area contributed by atoms with E-state index in [9.17, 15) is 19.8 Å². The van der Waals surface area contributed by atoms with Crippen molar-refractivity contribution in [3.05, 3.63) is 33.4 Å². The van der Waals surface area contributed by atoms with Crippen molar-refractivity contribution in [3.8, 4) is 11.8 Å². The Morgan fingerprint density at radius 3 is 1.32 bits per heavy atom. The first-order valence-corrected chi connectivity index (χ1v) is 15.1. The van der Waals surface area contributed by atoms with Crippen molar-refractivity contribution in [1.29, 1.82) is 0 Å². The summed E-state index contributed by atoms with van der Waals surface area (Å²) in [5, 5.41) is 20.8. The summed E-state index contributed by atoms with van der Waals surface area (Å²) in [6.07, 6.45) is 10.6. The molecule has 2 rings (SSSR count). The first kappa shape index (κ1) is 32.5. The van der Waals surface area contributed by atoms with Gasteiger partial charge in [-0.05, 0) is 76.0 Å². The van der Waals surface area contributed by atoms with Gasteiger partial charge in [-0.25, -0.2) is 9.59 Å². The highest BCUT2D eigenvalue weighted by Gasteiger charge is 2.23. The molecular weight excluding hydrogens is 520 g/mol. The first-order chi connectivity index (χ1) is 17.7. The van der Waals surface area contributed by atoms with Gasteiger partial charge in [0.05, 0.1) is 12.4 Å². The van der Waals surface area contributed by atoms with Crippen LogP contribution in [0, 0.1) is 10.8 Å². The lowest BCUT2D eigenvalue weighted by Crippen LogP contribution is -2.26. The van der Waals surface area contributed by atoms with Crippen molar-refractivity contribution < 1.29 is 10.2 Å². The Morgan fingerprint density at radius 2 is 1.03 bits per heavy atom. The lowest BCUT2D eigenvalue weighted by atomic mass is 9.82. The van der Waals surface area contributed by atoms with Crippen LogP contribution in [-0.4, -0.2) is 39.0 Å². The highest BCUT2D eigenvalue weighted by atomic mass is 32.1. The fourth-order valence-corrected chi connectivity index (χ4v) is 5.33. The summed E-state index contributed by atoms with van der Waals surface area (Å²) < 4.78 is 5.96. The number of aromatic nitrogens is 4. The molecule has 0 aliphatic carbocycles. The Hall–Kier alpha value is -1.68. The Balaban J connectivity index is 1.71. The third-order valence-electron chi connectivity index (χ3n) is 7.90. The minimum Gasteiger partial charge on any atom is -0.493 e. The molecular formula is C28H50N4O4S2. The standard InChI is InChI=1S/C28H50N4O4S2/c1-7-29-19-23(33)31(25(29)35)17-15-27(3,4)13-11-21(37)9-10-22(38)12-14-28(5,6)16-18-32-24(34)20-30(8-2)26(32)36/h19-22,33-34,37-38H,7-18H2,1-6H3. The Morgan fingerprint density at radius 1 is 0.684 bits per heavy atom. The normalized spacial score (nSPS) is 14.2. The van der Waals surface area contributed by atoms with Gasteiger partial charge in [-0.2, -0.15) is 25.3 Å². The van der Waals surface area contributed by atoms with E-state index < -0.39 is 0 Å². The number of rotatable bonds is 17. The Bertz CT molecular complexity index is 1040. The monoisotopic (exact) mass is 570 g/mol. The molecule has 0 amide bonds. The summed E-state index contributed by atoms with van der Waals surface area (Å²) in [6.45, 7) is 14.7. The van der Waals surface area contributed by atoms with E-state index in [1.165, 1.54) is 30.7 Å². The smallest absolute Gasteiger partial charge is 0.331 e. The predicted octanol–water partition coefficient (Wildman–Crippen LogP) is 5.53. The van der Waals surface area contributed by atoms with Crippen LogP contribution in [0.25, 0.3) is 0 Å². The third-order valence-corrected chi connectivity index (χ3v) is 8.93. The molecule has 8 nitrogen and oxygen atoms in total. The number of thiol groups is 2. The summed E-state index contributed by atoms with van der Waals surface area (Å²) in [7, 11) is 0. The second kappa shape index (κ2) is 14.1. The van der Waals surface area contributed by atoms with Crippen molar-refractivity contribution >= 4 is 25.3 Å². The van der Waals surface area contributed by atoms with E-state index in [1.54, 1.807) is 0 Å². The van der Waals surface area contributed by atoms with Crippen LogP contribution in [0.2, 0.25) is 0 Å². The Labute approximate surface area is 238 Å². The molecule has 2 unspecified atom stereocenters. The summed E-state index contributed by atoms with van der Waals surface area (Å²) in [5.74, 6) is 0.0655. The van der Waals surface area contributed by atoms with Gasteiger partial charge < -0.3 is 10.2 Å². The minimum atomic E-state index is -0.154. The highest BCUT2D eigenvalue weighted by Crippen LogP contribution is 2.33. The van der Waals surface area contributed by atoms with Gasteiger partial charge >= 0.3 is 11.4 Å². The minimum absolute atomic E-state index is 0.0328. The number of nitrogens with zero attached hydrogens (tertiary/aromatic N) is 4. The molecule has 2 aromatic rings. The number of aryl methyl sites for hydroxylation is 2. The average molecular weight is 571 g/mol. The molecule has 10 heteroatoms. The van der Waals surface area contributed by atoms with Crippen LogP contribution < -0.4 is 11.4 Å². The molecule has 0 saturated carbocycles. The Kier molecular flexibility index (Phi) is 12.1. The van der Waals surface area contributed by atoms with E-state index in [0.29, 0.717) is 36.7 Å². The predicted molar refractivity (Wildman–Crippen MR) is 162 cm³/mol. The van der Waals surface area contributed by atoms with Crippen molar-refractivity contribution in [1.82, 2.24) is 18.3 Å². The average Bonchev–Trinajstić information content (AvgIpc) is 3.30. The van der Waals surface area contributed by atoms with Crippen LogP contribution in [0.1, 0.15) is 92.9 Å². The summed E-state index contributed by atoms with van der Waals surface area (Å²) in [6, 6.07) is 0. The SMILES string of the molecule is CCn1cc(O)n(CCC(C)(C)CCC(S)CCC(S)CCC(C)(C)CCn2c(O)cn(CC)c2=O)c1=O. The molecule has 38 heavy (non-hydrogen) atoms. The molecule has 0 spiro atoms. The van der Waals surface area contributed by atoms with Crippen LogP contribution in [0.4, 0.5) is 0 Å². The van der Waals surface area contributed by atoms with E-state index >= 15 is 0 Å². The molecule has 0 fully saturated rings. The second-order valence-electron chi connectivity index (χ2n) is 12.2. The number of imidazole rings is 2. The highest BCUT2D eigenvalue weighted by molar-refractivity contribution is 7.81. The maximum atomic E-state index is 12.3. The van der Waals surface area contributed by atoms with Gasteiger partial charge in [-0.1, -0.05) is 27.7 Å². The molecule has 0 bridgehead atoms. The maximum absolute atomic E-state index is 12.3. The molecule has 2 aromatic heterocycles. The van der Waals surface area contributed by atoms with Gasteiger partial charge in [0.15, 0.2) is 0 Å². The zero-order chi connectivity index (χ0) is 28.7. The van der Waals surface area contributed by atoms with Crippen LogP contribution in [-0.2, 0) is 26.2 Å². The largest absolute Gasteiger partial charge is 0.493 e. The van der Waals surface area contributed by atoms with E-state index in [2.05, 4.69) is 27.7 Å². The van der Waals surface area contributed by atoms with Crippen molar-refractivity contribution in [2.75, 3.05) is 0 Å². The lowest BCUT2D eigenvalue weighted by molar-refractivity contribution is 0.266. The fraction of sp³-hybridized carbons (Fsp3) is 0.786. The molecule has 218 valence electrons. The van der Waals surface area contributed by atoms with Crippen LogP contribution in [0.3, 0.4) is 0 Å². The molecule has 0 saturated heterocycles. The van der Waals surface area contributed by atoms with Crippen molar-refractivity contribution in [2.24, 2.45) is 10.8 Å². The summed E-state index contributed by atoms with van der Waals surface area (Å²) >= 11 is 9.68. The van der Waals surface area contributed by atoms with Gasteiger partial charge in [-0.15, -0.1) is 0 Å². The molecule has 2 N–H and O–H groups in total. The van der Waals surface area contributed by atoms with Gasteiger partial charge in [-0.3, -0.25) is 18.3 Å². The number of hydrogen-bond acceptors (Lipinski definition) is 6. The van der Waals surface area contributed by atoms with Gasteiger partial charge in [0.1, 0.15) is 0 Å². The number of aromatic hydroxyl groups is 2. The van der Waals surface area contributed by atoms with Crippen LogP contribution >= 0.6 is 25.3 Å². The van der Waals surface area contributed by atoms with Crippen LogP contribution in [0.5, 0.6) is 11.8 Å². The molecule has 0 radical (unpaired) electrons. The quantitative estimate of drug-likeness (QED) is 0.188. The van der Waals surface area contributed by atoms with Gasteiger partial charge in [0.2, 0.25) is 11.8 Å². The number of hydrogen-bond donors (Lipinski definition) is 4. The molecule has 0 aliphatic rings. The lowest BCUT2D eigenvalue weighted by Gasteiger charge is -2.27. The topological polar surface area (TPSA) is 94.3 Å². The van der Waals surface area contributed by atoms with Gasteiger partial charge in [0, 0.05) is 36.7 Å². The fourth-order valence-electron chi connectivity index (χ4n) is 4.78. The van der Waals surface area contributed by atoms with E-state index in [0.717, 1.165) is 51.4 Å². The first-order valence-electron chi connectivity index (χ1n) is 14.0. The second-order valence-corrected chi connectivity index (χ2v) is 13.7. The maximum Gasteiger partial charge on any atom is 0.331 e. The zero-order valence-corrected chi connectivity index (χ0v) is 26.0. The molecule has 0 aromatic carbocycles. The molecule has 2 atom stereocenters. The molecule has 0 aliphatic heterocycles. The summed E-state index contributed by atoms with van der Waals surface area (Å²) in [5.41, 5.74) is -0.225. The van der Waals surface area contributed by atoms with Crippen LogP contribution in [0.15, 0.2) is 22.0 Å². The van der Waals surface area contributed by atoms with Gasteiger partial charge in [0.25, 0.3) is 0 Å². The van der Waals surface area contributed by atoms with E-state index in [1.807, 2.05) is 13.8 Å². The zero-order valence-electron chi connectivity index (χ0n) is 24.2. The summed E-state index contributed by atoms with van der Waals surface area (Å²) in [4.78, 5) is 24.7.